The summed E-state index contributed by atoms with van der Waals surface area (Å²) < 4.78 is 1.65. The third kappa shape index (κ3) is 6.41. The number of amides is 3. The van der Waals surface area contributed by atoms with Crippen molar-refractivity contribution in [3.8, 4) is 0 Å². The molecule has 0 spiro atoms. The number of carboxylic acid groups (broad SMARTS) is 1. The molecule has 1 aromatic heterocycles. The van der Waals surface area contributed by atoms with Crippen molar-refractivity contribution in [2.45, 2.75) is 38.4 Å². The zero-order valence-corrected chi connectivity index (χ0v) is 11.7. The molecule has 5 N–H and O–H groups in total. The number of nitrogens with two attached hydrogens (primary N) is 1. The van der Waals surface area contributed by atoms with Crippen LogP contribution in [-0.2, 0) is 16.1 Å². The standard InChI is InChI=1S/C12H19N5O4/c1-8(7-17-6-2-5-14-17)15-12(21)16-9(11(19)20)3-4-10(13)18/h2,5-6,8-9H,3-4,7H2,1H3,(H2,13,18)(H,19,20)(H2,15,16,21)/t8?,9-/m1/s1. The van der Waals surface area contributed by atoms with Gasteiger partial charge in [-0.15, -0.1) is 0 Å². The summed E-state index contributed by atoms with van der Waals surface area (Å²) in [5, 5.41) is 17.9. The number of hydrogen-bond acceptors (Lipinski definition) is 4. The number of aliphatic carboxylic acids is 1. The maximum atomic E-state index is 11.7. The minimum Gasteiger partial charge on any atom is -0.480 e. The molecule has 21 heavy (non-hydrogen) atoms. The number of hydrogen-bond donors (Lipinski definition) is 4. The van der Waals surface area contributed by atoms with Crippen molar-refractivity contribution in [3.63, 3.8) is 0 Å². The van der Waals surface area contributed by atoms with E-state index in [1.165, 1.54) is 0 Å². The Balaban J connectivity index is 2.42. The van der Waals surface area contributed by atoms with Gasteiger partial charge in [-0.1, -0.05) is 0 Å². The van der Waals surface area contributed by atoms with Crippen LogP contribution in [0.4, 0.5) is 4.79 Å². The van der Waals surface area contributed by atoms with E-state index < -0.39 is 23.9 Å². The molecule has 116 valence electrons. The van der Waals surface area contributed by atoms with E-state index in [4.69, 9.17) is 10.8 Å². The van der Waals surface area contributed by atoms with E-state index in [1.54, 1.807) is 30.1 Å². The lowest BCUT2D eigenvalue weighted by atomic mass is 10.1. The average molecular weight is 297 g/mol. The van der Waals surface area contributed by atoms with E-state index in [-0.39, 0.29) is 18.9 Å². The molecule has 1 unspecified atom stereocenters. The highest BCUT2D eigenvalue weighted by Gasteiger charge is 2.21. The van der Waals surface area contributed by atoms with Crippen molar-refractivity contribution in [1.82, 2.24) is 20.4 Å². The molecule has 3 amide bonds. The molecule has 9 heteroatoms. The molecular weight excluding hydrogens is 278 g/mol. The van der Waals surface area contributed by atoms with Crippen molar-refractivity contribution < 1.29 is 19.5 Å². The number of nitrogens with one attached hydrogen (secondary N) is 2. The van der Waals surface area contributed by atoms with Gasteiger partial charge in [0.2, 0.25) is 5.91 Å². The normalized spacial score (nSPS) is 13.2. The van der Waals surface area contributed by atoms with E-state index in [0.29, 0.717) is 6.54 Å². The van der Waals surface area contributed by atoms with Crippen molar-refractivity contribution in [1.29, 1.82) is 0 Å². The zero-order chi connectivity index (χ0) is 15.8. The van der Waals surface area contributed by atoms with Crippen LogP contribution in [0.25, 0.3) is 0 Å². The number of carbonyl (C=O) groups excluding carboxylic acids is 2. The maximum Gasteiger partial charge on any atom is 0.326 e. The van der Waals surface area contributed by atoms with Crippen LogP contribution in [0.2, 0.25) is 0 Å². The molecule has 0 saturated heterocycles. The minimum absolute atomic E-state index is 0.0500. The minimum atomic E-state index is -1.22. The Hall–Kier alpha value is -2.58. The number of rotatable bonds is 8. The number of primary amides is 1. The van der Waals surface area contributed by atoms with Gasteiger partial charge in [-0.05, 0) is 19.4 Å². The zero-order valence-electron chi connectivity index (χ0n) is 11.7. The second-order valence-electron chi connectivity index (χ2n) is 4.64. The SMILES string of the molecule is CC(Cn1cccn1)NC(=O)N[C@H](CCC(N)=O)C(=O)O. The first-order chi connectivity index (χ1) is 9.88. The van der Waals surface area contributed by atoms with Gasteiger partial charge in [0.1, 0.15) is 6.04 Å². The molecule has 0 radical (unpaired) electrons. The monoisotopic (exact) mass is 297 g/mol. The third-order valence-corrected chi connectivity index (χ3v) is 2.68. The van der Waals surface area contributed by atoms with Gasteiger partial charge in [-0.25, -0.2) is 9.59 Å². The van der Waals surface area contributed by atoms with Crippen molar-refractivity contribution >= 4 is 17.9 Å². The lowest BCUT2D eigenvalue weighted by Gasteiger charge is -2.18. The first-order valence-corrected chi connectivity index (χ1v) is 6.44. The Labute approximate surface area is 121 Å². The molecule has 0 aliphatic heterocycles. The van der Waals surface area contributed by atoms with Crippen LogP contribution >= 0.6 is 0 Å². The quantitative estimate of drug-likeness (QED) is 0.502. The van der Waals surface area contributed by atoms with Gasteiger partial charge in [0, 0.05) is 24.9 Å². The maximum absolute atomic E-state index is 11.7. The molecule has 1 heterocycles. The van der Waals surface area contributed by atoms with Gasteiger partial charge in [0.05, 0.1) is 6.54 Å². The van der Waals surface area contributed by atoms with E-state index in [1.807, 2.05) is 0 Å². The average Bonchev–Trinajstić information content (AvgIpc) is 2.86. The molecule has 9 nitrogen and oxygen atoms in total. The second kappa shape index (κ2) is 7.88. The largest absolute Gasteiger partial charge is 0.480 e. The first-order valence-electron chi connectivity index (χ1n) is 6.44. The Kier molecular flexibility index (Phi) is 6.18. The number of nitrogens with zero attached hydrogens (tertiary/aromatic N) is 2. The summed E-state index contributed by atoms with van der Waals surface area (Å²) in [6.07, 6.45) is 3.21. The Morgan fingerprint density at radius 1 is 1.38 bits per heavy atom. The van der Waals surface area contributed by atoms with Crippen LogP contribution in [0, 0.1) is 0 Å². The number of carbonyl (C=O) groups is 3. The fourth-order valence-corrected chi connectivity index (χ4v) is 1.70. The van der Waals surface area contributed by atoms with Gasteiger partial charge >= 0.3 is 12.0 Å². The molecular formula is C12H19N5O4. The van der Waals surface area contributed by atoms with Gasteiger partial charge in [-0.2, -0.15) is 5.10 Å². The third-order valence-electron chi connectivity index (χ3n) is 2.68. The molecule has 1 aromatic rings. The molecule has 0 bridgehead atoms. The van der Waals surface area contributed by atoms with E-state index in [2.05, 4.69) is 15.7 Å². The Bertz CT molecular complexity index is 488. The van der Waals surface area contributed by atoms with Crippen molar-refractivity contribution in [3.05, 3.63) is 18.5 Å². The fraction of sp³-hybridized carbons (Fsp3) is 0.500. The smallest absolute Gasteiger partial charge is 0.326 e. The molecule has 0 saturated carbocycles. The summed E-state index contributed by atoms with van der Waals surface area (Å²) >= 11 is 0. The summed E-state index contributed by atoms with van der Waals surface area (Å²) in [7, 11) is 0. The fourth-order valence-electron chi connectivity index (χ4n) is 1.70. The number of carboxylic acids is 1. The van der Waals surface area contributed by atoms with Gasteiger partial charge in [0.25, 0.3) is 0 Å². The summed E-state index contributed by atoms with van der Waals surface area (Å²) in [6.45, 7) is 2.22. The lowest BCUT2D eigenvalue weighted by Crippen LogP contribution is -2.49. The molecule has 2 atom stereocenters. The summed E-state index contributed by atoms with van der Waals surface area (Å²) in [5.74, 6) is -1.83. The number of aromatic nitrogens is 2. The molecule has 1 rings (SSSR count). The van der Waals surface area contributed by atoms with E-state index in [9.17, 15) is 14.4 Å². The summed E-state index contributed by atoms with van der Waals surface area (Å²) in [4.78, 5) is 33.3. The van der Waals surface area contributed by atoms with Crippen LogP contribution in [0.3, 0.4) is 0 Å². The van der Waals surface area contributed by atoms with Crippen LogP contribution in [0.1, 0.15) is 19.8 Å². The Morgan fingerprint density at radius 2 is 2.10 bits per heavy atom. The number of urea groups is 1. The predicted octanol–water partition coefficient (Wildman–Crippen LogP) is -0.710. The summed E-state index contributed by atoms with van der Waals surface area (Å²) in [6, 6.07) is -0.256. The highest BCUT2D eigenvalue weighted by Crippen LogP contribution is 1.98. The van der Waals surface area contributed by atoms with Crippen LogP contribution in [0.15, 0.2) is 18.5 Å². The molecule has 0 fully saturated rings. The van der Waals surface area contributed by atoms with Crippen LogP contribution in [-0.4, -0.2) is 44.9 Å². The van der Waals surface area contributed by atoms with Crippen molar-refractivity contribution in [2.75, 3.05) is 0 Å². The first kappa shape index (κ1) is 16.5. The van der Waals surface area contributed by atoms with Gasteiger partial charge in [-0.3, -0.25) is 9.48 Å². The second-order valence-corrected chi connectivity index (χ2v) is 4.64. The molecule has 0 aromatic carbocycles. The molecule has 0 aliphatic rings. The highest BCUT2D eigenvalue weighted by molar-refractivity contribution is 5.83. The highest BCUT2D eigenvalue weighted by atomic mass is 16.4. The van der Waals surface area contributed by atoms with Gasteiger partial charge in [0.15, 0.2) is 0 Å². The van der Waals surface area contributed by atoms with E-state index >= 15 is 0 Å². The molecule has 0 aliphatic carbocycles. The van der Waals surface area contributed by atoms with E-state index in [0.717, 1.165) is 0 Å². The van der Waals surface area contributed by atoms with Crippen LogP contribution in [0.5, 0.6) is 0 Å². The topological polar surface area (TPSA) is 139 Å². The van der Waals surface area contributed by atoms with Crippen molar-refractivity contribution in [2.24, 2.45) is 5.73 Å². The Morgan fingerprint density at radius 3 is 2.62 bits per heavy atom. The lowest BCUT2D eigenvalue weighted by molar-refractivity contribution is -0.139. The van der Waals surface area contributed by atoms with Gasteiger partial charge < -0.3 is 21.5 Å². The summed E-state index contributed by atoms with van der Waals surface area (Å²) in [5.41, 5.74) is 4.96. The van der Waals surface area contributed by atoms with Crippen LogP contribution < -0.4 is 16.4 Å². The predicted molar refractivity (Wildman–Crippen MR) is 73.2 cm³/mol.